The zero-order valence-corrected chi connectivity index (χ0v) is 12.9. The van der Waals surface area contributed by atoms with Gasteiger partial charge >= 0.3 is 0 Å². The van der Waals surface area contributed by atoms with Gasteiger partial charge in [-0.2, -0.15) is 5.10 Å². The lowest BCUT2D eigenvalue weighted by molar-refractivity contribution is -0.110. The maximum atomic E-state index is 5.95. The zero-order valence-electron chi connectivity index (χ0n) is 12.9. The summed E-state index contributed by atoms with van der Waals surface area (Å²) in [5.41, 5.74) is 1.13. The number of aromatic nitrogens is 2. The summed E-state index contributed by atoms with van der Waals surface area (Å²) in [6.45, 7) is 4.77. The van der Waals surface area contributed by atoms with Crippen molar-refractivity contribution in [3.05, 3.63) is 18.0 Å². The Bertz CT molecular complexity index is 400. The molecule has 5 heteroatoms. The molecule has 1 aromatic heterocycles. The molecule has 2 heterocycles. The van der Waals surface area contributed by atoms with Crippen LogP contribution in [-0.4, -0.2) is 48.3 Å². The largest absolute Gasteiger partial charge is 0.381 e. The summed E-state index contributed by atoms with van der Waals surface area (Å²) in [6.07, 6.45) is 8.00. The molecule has 1 N–H and O–H groups in total. The third-order valence-corrected chi connectivity index (χ3v) is 4.22. The number of nitrogens with zero attached hydrogens (tertiary/aromatic N) is 2. The Balaban J connectivity index is 2.11. The van der Waals surface area contributed by atoms with Crippen molar-refractivity contribution in [2.24, 2.45) is 7.05 Å². The van der Waals surface area contributed by atoms with E-state index in [4.69, 9.17) is 9.47 Å². The summed E-state index contributed by atoms with van der Waals surface area (Å²) in [7, 11) is 3.79. The Hall–Kier alpha value is -0.910. The van der Waals surface area contributed by atoms with Crippen LogP contribution in [0.25, 0.3) is 0 Å². The summed E-state index contributed by atoms with van der Waals surface area (Å²) >= 11 is 0. The minimum Gasteiger partial charge on any atom is -0.381 e. The molecule has 0 saturated carbocycles. The predicted molar refractivity (Wildman–Crippen MR) is 78.8 cm³/mol. The molecule has 0 radical (unpaired) electrons. The van der Waals surface area contributed by atoms with Gasteiger partial charge in [0.25, 0.3) is 0 Å². The average Bonchev–Trinajstić information content (AvgIpc) is 2.89. The molecule has 0 aromatic carbocycles. The van der Waals surface area contributed by atoms with Crippen molar-refractivity contribution in [3.8, 4) is 0 Å². The van der Waals surface area contributed by atoms with Crippen LogP contribution >= 0.6 is 0 Å². The minimum absolute atomic E-state index is 0.122. The highest BCUT2D eigenvalue weighted by molar-refractivity contribution is 5.10. The molecule has 1 aliphatic heterocycles. The Labute approximate surface area is 121 Å². The van der Waals surface area contributed by atoms with Gasteiger partial charge in [-0.3, -0.25) is 4.68 Å². The van der Waals surface area contributed by atoms with E-state index < -0.39 is 0 Å². The first-order chi connectivity index (χ1) is 9.70. The standard InChI is InChI=1S/C15H27N3O2/c1-4-7-16-14(10-13-11-17-18(2)12-13)15(19-3)5-8-20-9-6-15/h11-12,14,16H,4-10H2,1-3H3. The molecule has 0 amide bonds. The van der Waals surface area contributed by atoms with Crippen molar-refractivity contribution in [2.45, 2.75) is 44.2 Å². The highest BCUT2D eigenvalue weighted by atomic mass is 16.5. The second kappa shape index (κ2) is 7.20. The van der Waals surface area contributed by atoms with E-state index in [1.165, 1.54) is 5.56 Å². The summed E-state index contributed by atoms with van der Waals surface area (Å²) in [6, 6.07) is 0.306. The smallest absolute Gasteiger partial charge is 0.0877 e. The van der Waals surface area contributed by atoms with Crippen molar-refractivity contribution in [2.75, 3.05) is 26.9 Å². The fourth-order valence-corrected chi connectivity index (χ4v) is 2.99. The van der Waals surface area contributed by atoms with Gasteiger partial charge in [-0.25, -0.2) is 0 Å². The van der Waals surface area contributed by atoms with E-state index in [0.29, 0.717) is 6.04 Å². The summed E-state index contributed by atoms with van der Waals surface area (Å²) in [4.78, 5) is 0. The van der Waals surface area contributed by atoms with Crippen LogP contribution in [0.3, 0.4) is 0 Å². The topological polar surface area (TPSA) is 48.3 Å². The van der Waals surface area contributed by atoms with Crippen molar-refractivity contribution < 1.29 is 9.47 Å². The minimum atomic E-state index is -0.122. The molecule has 1 fully saturated rings. The maximum absolute atomic E-state index is 5.95. The number of rotatable bonds is 7. The van der Waals surface area contributed by atoms with Crippen LogP contribution in [0.2, 0.25) is 0 Å². The van der Waals surface area contributed by atoms with Gasteiger partial charge in [0.1, 0.15) is 0 Å². The van der Waals surface area contributed by atoms with Crippen molar-refractivity contribution >= 4 is 0 Å². The van der Waals surface area contributed by atoms with Crippen LogP contribution in [0, 0.1) is 0 Å². The molecule has 0 aliphatic carbocycles. The number of aryl methyl sites for hydroxylation is 1. The molecule has 1 aliphatic rings. The van der Waals surface area contributed by atoms with E-state index in [1.807, 2.05) is 25.0 Å². The number of ether oxygens (including phenoxy) is 2. The second-order valence-electron chi connectivity index (χ2n) is 5.61. The van der Waals surface area contributed by atoms with Crippen molar-refractivity contribution in [1.29, 1.82) is 0 Å². The van der Waals surface area contributed by atoms with Gasteiger partial charge < -0.3 is 14.8 Å². The van der Waals surface area contributed by atoms with Gasteiger partial charge in [0.15, 0.2) is 0 Å². The molecular weight excluding hydrogens is 254 g/mol. The van der Waals surface area contributed by atoms with Gasteiger partial charge in [-0.05, 0) is 24.9 Å². The summed E-state index contributed by atoms with van der Waals surface area (Å²) < 4.78 is 13.3. The lowest BCUT2D eigenvalue weighted by Crippen LogP contribution is -2.56. The normalized spacial score (nSPS) is 19.9. The van der Waals surface area contributed by atoms with E-state index >= 15 is 0 Å². The van der Waals surface area contributed by atoms with Crippen LogP contribution in [0.1, 0.15) is 31.7 Å². The van der Waals surface area contributed by atoms with E-state index in [-0.39, 0.29) is 5.60 Å². The monoisotopic (exact) mass is 281 g/mol. The van der Waals surface area contributed by atoms with Gasteiger partial charge in [0.05, 0.1) is 11.8 Å². The number of methoxy groups -OCH3 is 1. The molecule has 1 unspecified atom stereocenters. The first kappa shape index (κ1) is 15.5. The molecule has 1 saturated heterocycles. The summed E-state index contributed by atoms with van der Waals surface area (Å²) in [5, 5.41) is 7.94. The van der Waals surface area contributed by atoms with Gasteiger partial charge in [-0.1, -0.05) is 6.92 Å². The molecule has 0 spiro atoms. The molecular formula is C15H27N3O2. The number of nitrogens with one attached hydrogen (secondary N) is 1. The highest BCUT2D eigenvalue weighted by Gasteiger charge is 2.40. The molecule has 2 rings (SSSR count). The molecule has 20 heavy (non-hydrogen) atoms. The van der Waals surface area contributed by atoms with E-state index in [2.05, 4.69) is 23.5 Å². The Morgan fingerprint density at radius 1 is 1.50 bits per heavy atom. The van der Waals surface area contributed by atoms with Gasteiger partial charge in [0, 0.05) is 52.5 Å². The first-order valence-electron chi connectivity index (χ1n) is 7.54. The van der Waals surface area contributed by atoms with E-state index in [1.54, 1.807) is 0 Å². The van der Waals surface area contributed by atoms with E-state index in [0.717, 1.165) is 45.4 Å². The van der Waals surface area contributed by atoms with Crippen LogP contribution in [-0.2, 0) is 22.9 Å². The SMILES string of the molecule is CCCNC(Cc1cnn(C)c1)C1(OC)CCOCC1. The Morgan fingerprint density at radius 3 is 2.80 bits per heavy atom. The zero-order chi connectivity index (χ0) is 14.4. The lowest BCUT2D eigenvalue weighted by Gasteiger charge is -2.42. The fourth-order valence-electron chi connectivity index (χ4n) is 2.99. The van der Waals surface area contributed by atoms with Gasteiger partial charge in [-0.15, -0.1) is 0 Å². The molecule has 114 valence electrons. The van der Waals surface area contributed by atoms with Crippen LogP contribution < -0.4 is 5.32 Å². The first-order valence-corrected chi connectivity index (χ1v) is 7.54. The average molecular weight is 281 g/mol. The van der Waals surface area contributed by atoms with Gasteiger partial charge in [0.2, 0.25) is 0 Å². The third-order valence-electron chi connectivity index (χ3n) is 4.22. The Kier molecular flexibility index (Phi) is 5.57. The van der Waals surface area contributed by atoms with E-state index in [9.17, 15) is 0 Å². The molecule has 1 aromatic rings. The molecule has 5 nitrogen and oxygen atoms in total. The highest BCUT2D eigenvalue weighted by Crippen LogP contribution is 2.30. The molecule has 1 atom stereocenters. The lowest BCUT2D eigenvalue weighted by atomic mass is 9.83. The predicted octanol–water partition coefficient (Wildman–Crippen LogP) is 1.53. The Morgan fingerprint density at radius 2 is 2.25 bits per heavy atom. The fraction of sp³-hybridized carbons (Fsp3) is 0.800. The number of hydrogen-bond acceptors (Lipinski definition) is 4. The van der Waals surface area contributed by atoms with Crippen molar-refractivity contribution in [1.82, 2.24) is 15.1 Å². The van der Waals surface area contributed by atoms with Crippen molar-refractivity contribution in [3.63, 3.8) is 0 Å². The number of hydrogen-bond donors (Lipinski definition) is 1. The van der Waals surface area contributed by atoms with Crippen LogP contribution in [0.15, 0.2) is 12.4 Å². The second-order valence-corrected chi connectivity index (χ2v) is 5.61. The maximum Gasteiger partial charge on any atom is 0.0877 e. The van der Waals surface area contributed by atoms with Crippen LogP contribution in [0.5, 0.6) is 0 Å². The van der Waals surface area contributed by atoms with Crippen LogP contribution in [0.4, 0.5) is 0 Å². The summed E-state index contributed by atoms with van der Waals surface area (Å²) in [5.74, 6) is 0. The quantitative estimate of drug-likeness (QED) is 0.823. The molecule has 0 bridgehead atoms. The third kappa shape index (κ3) is 3.59.